The predicted octanol–water partition coefficient (Wildman–Crippen LogP) is 16.0. The normalized spacial score (nSPS) is 19.8. The lowest BCUT2D eigenvalue weighted by molar-refractivity contribution is 0.341. The van der Waals surface area contributed by atoms with Gasteiger partial charge in [0.15, 0.2) is 0 Å². The van der Waals surface area contributed by atoms with Crippen LogP contribution in [0.5, 0.6) is 0 Å². The molecule has 5 aromatic rings. The molecule has 0 heterocycles. The highest BCUT2D eigenvalue weighted by Crippen LogP contribution is 2.59. The Balaban J connectivity index is 1.45. The Morgan fingerprint density at radius 3 is 2.08 bits per heavy atom. The van der Waals surface area contributed by atoms with E-state index in [1.165, 1.54) is 93.5 Å². The third-order valence-electron chi connectivity index (χ3n) is 15.4. The lowest BCUT2D eigenvalue weighted by atomic mass is 9.71. The van der Waals surface area contributed by atoms with E-state index >= 15 is 0 Å². The molecule has 276 valence electrons. The van der Waals surface area contributed by atoms with Crippen LogP contribution in [0.2, 0.25) is 0 Å². The summed E-state index contributed by atoms with van der Waals surface area (Å²) in [6.45, 7) is 22.0. The molecule has 1 fully saturated rings. The minimum atomic E-state index is 0.0588. The van der Waals surface area contributed by atoms with Crippen LogP contribution < -0.4 is 0 Å². The number of rotatable bonds is 13. The maximum atomic E-state index is 2.74. The molecule has 0 amide bonds. The molecule has 1 saturated carbocycles. The molecule has 4 unspecified atom stereocenters. The van der Waals surface area contributed by atoms with Gasteiger partial charge in [0.05, 0.1) is 0 Å². The van der Waals surface area contributed by atoms with Gasteiger partial charge < -0.3 is 0 Å². The third kappa shape index (κ3) is 5.51. The Hall–Kier alpha value is -3.64. The van der Waals surface area contributed by atoms with Crippen molar-refractivity contribution in [2.24, 2.45) is 17.8 Å². The summed E-state index contributed by atoms with van der Waals surface area (Å²) >= 11 is 0. The van der Waals surface area contributed by atoms with Crippen molar-refractivity contribution in [3.05, 3.63) is 112 Å². The van der Waals surface area contributed by atoms with Crippen molar-refractivity contribution < 1.29 is 0 Å². The first-order chi connectivity index (χ1) is 25.6. The van der Waals surface area contributed by atoms with E-state index in [4.69, 9.17) is 0 Å². The molecule has 0 N–H and O–H groups in total. The first-order valence-corrected chi connectivity index (χ1v) is 21.6. The van der Waals surface area contributed by atoms with Gasteiger partial charge in [-0.2, -0.15) is 0 Å². The van der Waals surface area contributed by atoms with Gasteiger partial charge in [-0.25, -0.2) is 0 Å². The van der Waals surface area contributed by atoms with E-state index in [2.05, 4.69) is 141 Å². The van der Waals surface area contributed by atoms with Crippen molar-refractivity contribution in [1.82, 2.24) is 0 Å². The van der Waals surface area contributed by atoms with Gasteiger partial charge in [-0.05, 0) is 169 Å². The van der Waals surface area contributed by atoms with Crippen LogP contribution in [0, 0.1) is 17.8 Å². The first-order valence-electron chi connectivity index (χ1n) is 21.6. The molecule has 0 radical (unpaired) electrons. The van der Waals surface area contributed by atoms with Gasteiger partial charge in [-0.15, -0.1) is 0 Å². The van der Waals surface area contributed by atoms with E-state index in [-0.39, 0.29) is 10.8 Å². The highest BCUT2D eigenvalue weighted by atomic mass is 14.5. The van der Waals surface area contributed by atoms with Crippen molar-refractivity contribution >= 4 is 27.1 Å². The molecule has 0 nitrogen and oxygen atoms in total. The number of allylic oxidation sites excluding steroid dienone is 2. The zero-order chi connectivity index (χ0) is 37.2. The summed E-state index contributed by atoms with van der Waals surface area (Å²) in [4.78, 5) is 0. The van der Waals surface area contributed by atoms with Crippen molar-refractivity contribution in [3.63, 3.8) is 0 Å². The lowest BCUT2D eigenvalue weighted by Crippen LogP contribution is -2.23. The van der Waals surface area contributed by atoms with Gasteiger partial charge in [0.25, 0.3) is 0 Å². The fraction of sp³-hybridized carbons (Fsp3) is 0.472. The van der Waals surface area contributed by atoms with Crippen molar-refractivity contribution in [2.75, 3.05) is 0 Å². The van der Waals surface area contributed by atoms with Crippen LogP contribution in [-0.2, 0) is 10.8 Å². The molecular formula is C53H64. The van der Waals surface area contributed by atoms with Crippen LogP contribution in [0.15, 0.2) is 84.4 Å². The quantitative estimate of drug-likeness (QED) is 0.107. The molecule has 4 aliphatic rings. The van der Waals surface area contributed by atoms with Gasteiger partial charge in [0, 0.05) is 5.41 Å². The second-order valence-electron chi connectivity index (χ2n) is 18.0. The minimum absolute atomic E-state index is 0.0588. The van der Waals surface area contributed by atoms with Crippen LogP contribution in [0.3, 0.4) is 0 Å². The van der Waals surface area contributed by atoms with E-state index in [0.29, 0.717) is 11.8 Å². The fourth-order valence-corrected chi connectivity index (χ4v) is 11.6. The summed E-state index contributed by atoms with van der Waals surface area (Å²) < 4.78 is 0. The number of hydrogen-bond donors (Lipinski definition) is 0. The van der Waals surface area contributed by atoms with Crippen LogP contribution in [0.1, 0.15) is 160 Å². The summed E-state index contributed by atoms with van der Waals surface area (Å²) in [5, 5.41) is 6.01. The van der Waals surface area contributed by atoms with Gasteiger partial charge in [-0.1, -0.05) is 148 Å². The Morgan fingerprint density at radius 2 is 1.42 bits per heavy atom. The predicted molar refractivity (Wildman–Crippen MR) is 232 cm³/mol. The van der Waals surface area contributed by atoms with Crippen LogP contribution >= 0.6 is 0 Å². The van der Waals surface area contributed by atoms with Gasteiger partial charge in [0.1, 0.15) is 0 Å². The second kappa shape index (κ2) is 13.9. The molecule has 0 saturated heterocycles. The van der Waals surface area contributed by atoms with E-state index in [9.17, 15) is 0 Å². The number of unbranched alkanes of at least 4 members (excludes halogenated alkanes) is 1. The molecule has 4 aliphatic carbocycles. The summed E-state index contributed by atoms with van der Waals surface area (Å²) in [6, 6.07) is 31.8. The van der Waals surface area contributed by atoms with Gasteiger partial charge in [0.2, 0.25) is 0 Å². The molecular weight excluding hydrogens is 637 g/mol. The molecule has 0 aromatic heterocycles. The summed E-state index contributed by atoms with van der Waals surface area (Å²) in [6.07, 6.45) is 12.2. The summed E-state index contributed by atoms with van der Waals surface area (Å²) in [5.41, 5.74) is 17.0. The average Bonchev–Trinajstić information content (AvgIpc) is 3.86. The van der Waals surface area contributed by atoms with E-state index in [1.54, 1.807) is 27.8 Å². The fourth-order valence-electron chi connectivity index (χ4n) is 11.6. The molecule has 0 heteroatoms. The van der Waals surface area contributed by atoms with E-state index in [0.717, 1.165) is 37.5 Å². The number of fused-ring (bicyclic) bond motifs is 6. The van der Waals surface area contributed by atoms with Crippen LogP contribution in [-0.4, -0.2) is 0 Å². The minimum Gasteiger partial charge on any atom is -0.0654 e. The van der Waals surface area contributed by atoms with Crippen molar-refractivity contribution in [1.29, 1.82) is 0 Å². The van der Waals surface area contributed by atoms with Crippen molar-refractivity contribution in [3.8, 4) is 22.3 Å². The topological polar surface area (TPSA) is 0 Å². The Kier molecular flexibility index (Phi) is 9.53. The first kappa shape index (κ1) is 36.3. The Labute approximate surface area is 321 Å². The summed E-state index contributed by atoms with van der Waals surface area (Å²) in [5.74, 6) is 2.75. The smallest absolute Gasteiger partial charge is 0.0210 e. The highest BCUT2D eigenvalue weighted by Gasteiger charge is 2.43. The van der Waals surface area contributed by atoms with E-state index < -0.39 is 0 Å². The largest absolute Gasteiger partial charge is 0.0654 e. The standard InChI is InChI=1S/C53H64/c1-10-15-20-33(6)27-34(7)50-40-22-16-17-23-41(40)51(44-29-37-28-42(44)35(37)8)46-32-48(52(9,11-2)12-3)43(31-45(46)50)36-25-26-39-38-21-18-19-24-47(38)53(13-4,14-5)49(39)30-36/h16-19,21-26,30-35,37H,10-15,20,27-29H2,1-9H3. The highest BCUT2D eigenvalue weighted by molar-refractivity contribution is 6.14. The van der Waals surface area contributed by atoms with Crippen molar-refractivity contribution in [2.45, 2.75) is 143 Å². The Bertz CT molecular complexity index is 2220. The molecule has 2 bridgehead atoms. The number of benzene rings is 5. The zero-order valence-corrected chi connectivity index (χ0v) is 34.4. The maximum absolute atomic E-state index is 2.74. The van der Waals surface area contributed by atoms with E-state index in [1.807, 2.05) is 0 Å². The van der Waals surface area contributed by atoms with Gasteiger partial charge in [-0.3, -0.25) is 0 Å². The monoisotopic (exact) mass is 701 g/mol. The molecule has 0 spiro atoms. The molecule has 4 atom stereocenters. The van der Waals surface area contributed by atoms with Crippen LogP contribution in [0.4, 0.5) is 0 Å². The van der Waals surface area contributed by atoms with Crippen LogP contribution in [0.25, 0.3) is 49.4 Å². The lowest BCUT2D eigenvalue weighted by Gasteiger charge is -2.33. The molecule has 9 rings (SSSR count). The third-order valence-corrected chi connectivity index (χ3v) is 15.4. The number of hydrogen-bond acceptors (Lipinski definition) is 0. The summed E-state index contributed by atoms with van der Waals surface area (Å²) in [7, 11) is 0. The maximum Gasteiger partial charge on any atom is 0.0210 e. The van der Waals surface area contributed by atoms with Gasteiger partial charge >= 0.3 is 0 Å². The zero-order valence-electron chi connectivity index (χ0n) is 34.4. The molecule has 5 aromatic carbocycles. The molecule has 53 heavy (non-hydrogen) atoms. The second-order valence-corrected chi connectivity index (χ2v) is 18.0. The average molecular weight is 701 g/mol. The Morgan fingerprint density at radius 1 is 0.717 bits per heavy atom. The molecule has 0 aliphatic heterocycles. The SMILES string of the molecule is CCCCC(C)CC(C)c1c2ccccc2c(C2=C3CC(C2)C3C)c2cc(C(C)(CC)CC)c(-c3ccc4c(c3)C(CC)(CC)c3ccccc3-4)cc12.